The first-order valence-electron chi connectivity index (χ1n) is 12.6. The van der Waals surface area contributed by atoms with Gasteiger partial charge in [-0.1, -0.05) is 47.9 Å². The van der Waals surface area contributed by atoms with Gasteiger partial charge in [0.25, 0.3) is 0 Å². The summed E-state index contributed by atoms with van der Waals surface area (Å²) in [6.07, 6.45) is 0. The number of hydrogen-bond acceptors (Lipinski definition) is 4. The van der Waals surface area contributed by atoms with Gasteiger partial charge in [0.15, 0.2) is 0 Å². The molecule has 0 radical (unpaired) electrons. The second-order valence-corrected chi connectivity index (χ2v) is 9.10. The molecule has 0 unspecified atom stereocenters. The Morgan fingerprint density at radius 3 is 1.38 bits per heavy atom. The van der Waals surface area contributed by atoms with Gasteiger partial charge >= 0.3 is 0 Å². The zero-order valence-electron chi connectivity index (χ0n) is 22.0. The van der Waals surface area contributed by atoms with E-state index in [4.69, 9.17) is 0 Å². The van der Waals surface area contributed by atoms with E-state index in [0.717, 1.165) is 49.4 Å². The zero-order valence-corrected chi connectivity index (χ0v) is 22.0. The molecule has 188 valence electrons. The largest absolute Gasteiger partial charge is 0.385 e. The van der Waals surface area contributed by atoms with Crippen LogP contribution >= 0.6 is 0 Å². The molecule has 4 nitrogen and oxygen atoms in total. The highest BCUT2D eigenvalue weighted by atomic mass is 16.1. The molecular weight excluding hydrogens is 480 g/mol. The van der Waals surface area contributed by atoms with Gasteiger partial charge in [-0.15, -0.1) is 0 Å². The van der Waals surface area contributed by atoms with Gasteiger partial charge in [-0.2, -0.15) is 0 Å². The number of benzene rings is 3. The van der Waals surface area contributed by atoms with Crippen molar-refractivity contribution >= 4 is 32.9 Å². The Bertz CT molecular complexity index is 1860. The lowest BCUT2D eigenvalue weighted by atomic mass is 9.93. The van der Waals surface area contributed by atoms with E-state index < -0.39 is 0 Å². The van der Waals surface area contributed by atoms with E-state index in [1.54, 1.807) is 38.4 Å². The Labute approximate surface area is 227 Å². The summed E-state index contributed by atoms with van der Waals surface area (Å²) >= 11 is 0. The Kier molecular flexibility index (Phi) is 7.13. The second kappa shape index (κ2) is 11.0. The van der Waals surface area contributed by atoms with Crippen LogP contribution in [0.4, 0.5) is 11.4 Å². The highest BCUT2D eigenvalue weighted by molar-refractivity contribution is 6.06. The van der Waals surface area contributed by atoms with Crippen LogP contribution < -0.4 is 21.5 Å². The molecule has 0 atom stereocenters. The van der Waals surface area contributed by atoms with Crippen molar-refractivity contribution in [2.45, 2.75) is 6.92 Å². The monoisotopic (exact) mass is 506 g/mol. The minimum atomic E-state index is -0.0772. The lowest BCUT2D eigenvalue weighted by Gasteiger charge is -2.10. The van der Waals surface area contributed by atoms with Crippen LogP contribution in [0.1, 0.15) is 27.8 Å². The summed E-state index contributed by atoms with van der Waals surface area (Å²) in [5.74, 6) is 13.1. The summed E-state index contributed by atoms with van der Waals surface area (Å²) in [4.78, 5) is 24.2. The maximum atomic E-state index is 12.1. The number of rotatable bonds is 2. The SMILES string of the molecule is CNc1ccc(C#Cc2cccc3c(C)c4cccc(C#Cc5ccc(NC)c(=O)cc5)c4cc23)ccc1=O. The van der Waals surface area contributed by atoms with E-state index in [0.29, 0.717) is 11.4 Å². The molecule has 4 heteroatoms. The minimum Gasteiger partial charge on any atom is -0.385 e. The first-order valence-corrected chi connectivity index (χ1v) is 12.6. The highest BCUT2D eigenvalue weighted by Crippen LogP contribution is 2.31. The van der Waals surface area contributed by atoms with Crippen LogP contribution in [0.2, 0.25) is 0 Å². The molecule has 0 bridgehead atoms. The lowest BCUT2D eigenvalue weighted by Crippen LogP contribution is -2.02. The van der Waals surface area contributed by atoms with Crippen molar-refractivity contribution < 1.29 is 0 Å². The van der Waals surface area contributed by atoms with Gasteiger partial charge in [-0.25, -0.2) is 0 Å². The summed E-state index contributed by atoms with van der Waals surface area (Å²) in [6, 6.07) is 28.2. The molecule has 0 aliphatic carbocycles. The molecule has 39 heavy (non-hydrogen) atoms. The normalized spacial score (nSPS) is 10.2. The molecule has 2 N–H and O–H groups in total. The summed E-state index contributed by atoms with van der Waals surface area (Å²) in [7, 11) is 3.46. The maximum Gasteiger partial charge on any atom is 0.201 e. The van der Waals surface area contributed by atoms with Crippen molar-refractivity contribution in [1.29, 1.82) is 0 Å². The second-order valence-electron chi connectivity index (χ2n) is 9.10. The van der Waals surface area contributed by atoms with E-state index in [9.17, 15) is 9.59 Å². The molecule has 0 amide bonds. The molecule has 0 spiro atoms. The molecule has 0 aliphatic heterocycles. The summed E-state index contributed by atoms with van der Waals surface area (Å²) in [5, 5.41) is 10.2. The van der Waals surface area contributed by atoms with E-state index in [1.807, 2.05) is 36.4 Å². The minimum absolute atomic E-state index is 0.0772. The van der Waals surface area contributed by atoms with Crippen LogP contribution in [-0.2, 0) is 0 Å². The molecule has 0 heterocycles. The van der Waals surface area contributed by atoms with Gasteiger partial charge in [0.1, 0.15) is 0 Å². The maximum absolute atomic E-state index is 12.1. The number of hydrogen-bond donors (Lipinski definition) is 2. The smallest absolute Gasteiger partial charge is 0.201 e. The molecule has 5 aromatic rings. The standard InChI is InChI=1S/C35H26N2O2/c1-23-28-8-4-6-26(16-10-24-12-18-32(36-2)34(38)20-14-24)30(28)22-31-27(7-5-9-29(23)31)17-11-25-13-19-33(37-3)35(39)21-15-25/h4-9,12-15,18-22H,1-3H3,(H,36,38)(H,37,39). The van der Waals surface area contributed by atoms with Crippen molar-refractivity contribution in [3.63, 3.8) is 0 Å². The van der Waals surface area contributed by atoms with Gasteiger partial charge in [-0.05, 0) is 101 Å². The van der Waals surface area contributed by atoms with Crippen LogP contribution in [-0.4, -0.2) is 14.1 Å². The fraction of sp³-hybridized carbons (Fsp3) is 0.0857. The predicted octanol–water partition coefficient (Wildman–Crippen LogP) is 5.90. The van der Waals surface area contributed by atoms with Gasteiger partial charge in [0.05, 0.1) is 11.4 Å². The zero-order chi connectivity index (χ0) is 27.4. The fourth-order valence-electron chi connectivity index (χ4n) is 4.59. The van der Waals surface area contributed by atoms with E-state index >= 15 is 0 Å². The molecule has 0 fully saturated rings. The van der Waals surface area contributed by atoms with Crippen LogP contribution in [0.25, 0.3) is 21.5 Å². The number of aryl methyl sites for hydroxylation is 1. The Hall–Kier alpha value is -5.32. The summed E-state index contributed by atoms with van der Waals surface area (Å²) < 4.78 is 0. The molecule has 0 aliphatic rings. The Morgan fingerprint density at radius 2 is 0.949 bits per heavy atom. The van der Waals surface area contributed by atoms with Gasteiger partial charge in [0.2, 0.25) is 10.9 Å². The number of anilines is 2. The third-order valence-corrected chi connectivity index (χ3v) is 6.75. The molecule has 5 aromatic carbocycles. The topological polar surface area (TPSA) is 58.2 Å². The van der Waals surface area contributed by atoms with Crippen molar-refractivity contribution in [3.05, 3.63) is 139 Å². The Morgan fingerprint density at radius 1 is 0.513 bits per heavy atom. The van der Waals surface area contributed by atoms with Gasteiger partial charge in [-0.3, -0.25) is 9.59 Å². The summed E-state index contributed by atoms with van der Waals surface area (Å²) in [6.45, 7) is 2.12. The summed E-state index contributed by atoms with van der Waals surface area (Å²) in [5.41, 5.74) is 5.39. The number of fused-ring (bicyclic) bond motifs is 2. The molecule has 0 saturated carbocycles. The predicted molar refractivity (Wildman–Crippen MR) is 163 cm³/mol. The first kappa shape index (κ1) is 25.3. The van der Waals surface area contributed by atoms with Gasteiger partial charge in [0, 0.05) is 36.3 Å². The Balaban J connectivity index is 1.64. The number of nitrogens with one attached hydrogen (secondary N) is 2. The average molecular weight is 507 g/mol. The van der Waals surface area contributed by atoms with Crippen LogP contribution in [0, 0.1) is 30.6 Å². The van der Waals surface area contributed by atoms with Gasteiger partial charge < -0.3 is 10.6 Å². The van der Waals surface area contributed by atoms with E-state index in [2.05, 4.69) is 59.4 Å². The van der Waals surface area contributed by atoms with Crippen LogP contribution in [0.15, 0.2) is 101 Å². The first-order chi connectivity index (χ1) is 19.0. The average Bonchev–Trinajstić information content (AvgIpc) is 3.25. The highest BCUT2D eigenvalue weighted by Gasteiger charge is 2.09. The van der Waals surface area contributed by atoms with E-state index in [-0.39, 0.29) is 10.9 Å². The fourth-order valence-corrected chi connectivity index (χ4v) is 4.59. The third kappa shape index (κ3) is 5.23. The van der Waals surface area contributed by atoms with Crippen molar-refractivity contribution in [2.75, 3.05) is 24.7 Å². The van der Waals surface area contributed by atoms with Crippen molar-refractivity contribution in [2.24, 2.45) is 0 Å². The quantitative estimate of drug-likeness (QED) is 0.231. The lowest BCUT2D eigenvalue weighted by molar-refractivity contribution is 1.49. The van der Waals surface area contributed by atoms with E-state index in [1.165, 1.54) is 12.1 Å². The van der Waals surface area contributed by atoms with Crippen LogP contribution in [0.5, 0.6) is 0 Å². The van der Waals surface area contributed by atoms with Crippen LogP contribution in [0.3, 0.4) is 0 Å². The van der Waals surface area contributed by atoms with Crippen molar-refractivity contribution in [3.8, 4) is 23.7 Å². The third-order valence-electron chi connectivity index (χ3n) is 6.75. The molecule has 0 saturated heterocycles. The molecular formula is C35H26N2O2. The molecule has 0 aromatic heterocycles. The van der Waals surface area contributed by atoms with Crippen molar-refractivity contribution in [1.82, 2.24) is 0 Å². The molecule has 5 rings (SSSR count).